The second kappa shape index (κ2) is 7.73. The predicted molar refractivity (Wildman–Crippen MR) is 87.2 cm³/mol. The third-order valence-corrected chi connectivity index (χ3v) is 3.00. The number of phenols is 1. The number of nitrogens with zero attached hydrogens (tertiary/aromatic N) is 2. The first-order chi connectivity index (χ1) is 11.5. The van der Waals surface area contributed by atoms with Crippen LogP contribution in [-0.4, -0.2) is 28.8 Å². The van der Waals surface area contributed by atoms with Crippen LogP contribution in [0.4, 0.5) is 5.69 Å². The topological polar surface area (TPSA) is 114 Å². The van der Waals surface area contributed by atoms with E-state index in [2.05, 4.69) is 10.5 Å². The summed E-state index contributed by atoms with van der Waals surface area (Å²) in [6.07, 6.45) is 1.30. The number of hydrogen-bond acceptors (Lipinski definition) is 6. The van der Waals surface area contributed by atoms with Crippen molar-refractivity contribution in [1.82, 2.24) is 5.43 Å². The van der Waals surface area contributed by atoms with Gasteiger partial charge in [-0.1, -0.05) is 23.8 Å². The molecule has 1 amide bonds. The van der Waals surface area contributed by atoms with Gasteiger partial charge in [-0.25, -0.2) is 5.43 Å². The first-order valence-corrected chi connectivity index (χ1v) is 6.95. The van der Waals surface area contributed by atoms with Gasteiger partial charge in [-0.3, -0.25) is 14.9 Å². The maximum atomic E-state index is 11.7. The number of aromatic hydroxyl groups is 1. The van der Waals surface area contributed by atoms with E-state index in [0.29, 0.717) is 5.56 Å². The van der Waals surface area contributed by atoms with Crippen LogP contribution in [0.25, 0.3) is 0 Å². The lowest BCUT2D eigenvalue weighted by molar-refractivity contribution is -0.385. The number of benzene rings is 2. The lowest BCUT2D eigenvalue weighted by atomic mass is 10.1. The van der Waals surface area contributed by atoms with E-state index in [1.807, 2.05) is 6.92 Å². The highest BCUT2D eigenvalue weighted by Crippen LogP contribution is 2.25. The number of aryl methyl sites for hydroxylation is 1. The Morgan fingerprint density at radius 3 is 2.88 bits per heavy atom. The molecule has 2 N–H and O–H groups in total. The van der Waals surface area contributed by atoms with Crippen molar-refractivity contribution in [3.63, 3.8) is 0 Å². The lowest BCUT2D eigenvalue weighted by Crippen LogP contribution is -2.24. The van der Waals surface area contributed by atoms with Crippen LogP contribution in [0.5, 0.6) is 11.5 Å². The molecule has 0 bridgehead atoms. The number of para-hydroxylation sites is 2. The second-order valence-electron chi connectivity index (χ2n) is 4.87. The molecule has 2 aromatic carbocycles. The van der Waals surface area contributed by atoms with E-state index in [4.69, 9.17) is 4.74 Å². The van der Waals surface area contributed by atoms with Crippen molar-refractivity contribution in [2.24, 2.45) is 5.10 Å². The predicted octanol–water partition coefficient (Wildman–Crippen LogP) is 2.14. The smallest absolute Gasteiger partial charge is 0.310 e. The first kappa shape index (κ1) is 16.9. The molecule has 0 saturated heterocycles. The molecule has 2 rings (SSSR count). The lowest BCUT2D eigenvalue weighted by Gasteiger charge is -2.05. The van der Waals surface area contributed by atoms with Gasteiger partial charge < -0.3 is 9.84 Å². The normalized spacial score (nSPS) is 10.5. The molecule has 0 aliphatic carbocycles. The van der Waals surface area contributed by atoms with Crippen molar-refractivity contribution in [3.8, 4) is 11.5 Å². The van der Waals surface area contributed by atoms with Crippen molar-refractivity contribution in [3.05, 3.63) is 63.7 Å². The number of carbonyl (C=O) groups excluding carboxylic acids is 1. The van der Waals surface area contributed by atoms with Crippen molar-refractivity contribution >= 4 is 17.8 Å². The van der Waals surface area contributed by atoms with Gasteiger partial charge in [-0.2, -0.15) is 5.10 Å². The Bertz CT molecular complexity index is 789. The monoisotopic (exact) mass is 329 g/mol. The minimum atomic E-state index is -0.591. The first-order valence-electron chi connectivity index (χ1n) is 6.95. The van der Waals surface area contributed by atoms with E-state index in [-0.39, 0.29) is 17.2 Å². The minimum Gasteiger partial charge on any atom is -0.507 e. The average Bonchev–Trinajstić information content (AvgIpc) is 2.56. The van der Waals surface area contributed by atoms with Gasteiger partial charge in [0.05, 0.1) is 11.1 Å². The third kappa shape index (κ3) is 4.54. The summed E-state index contributed by atoms with van der Waals surface area (Å²) in [5.41, 5.74) is 3.38. The van der Waals surface area contributed by atoms with Gasteiger partial charge in [-0.15, -0.1) is 0 Å². The van der Waals surface area contributed by atoms with Crippen LogP contribution in [-0.2, 0) is 4.79 Å². The van der Waals surface area contributed by atoms with Crippen LogP contribution >= 0.6 is 0 Å². The van der Waals surface area contributed by atoms with Gasteiger partial charge in [0.25, 0.3) is 5.91 Å². The van der Waals surface area contributed by atoms with Crippen molar-refractivity contribution < 1.29 is 19.6 Å². The van der Waals surface area contributed by atoms with Gasteiger partial charge in [0.1, 0.15) is 5.75 Å². The Hall–Kier alpha value is -3.42. The molecule has 0 radical (unpaired) electrons. The molecular formula is C16H15N3O5. The Labute approximate surface area is 137 Å². The van der Waals surface area contributed by atoms with Crippen LogP contribution in [0.15, 0.2) is 47.6 Å². The summed E-state index contributed by atoms with van der Waals surface area (Å²) in [7, 11) is 0. The van der Waals surface area contributed by atoms with E-state index in [1.54, 1.807) is 18.2 Å². The fourth-order valence-electron chi connectivity index (χ4n) is 1.86. The molecule has 0 atom stereocenters. The summed E-state index contributed by atoms with van der Waals surface area (Å²) in [6.45, 7) is 1.43. The number of nitrogens with one attached hydrogen (secondary N) is 1. The van der Waals surface area contributed by atoms with E-state index in [9.17, 15) is 20.0 Å². The maximum absolute atomic E-state index is 11.7. The quantitative estimate of drug-likeness (QED) is 0.479. The minimum absolute atomic E-state index is 0.00189. The summed E-state index contributed by atoms with van der Waals surface area (Å²) in [5, 5.41) is 24.2. The summed E-state index contributed by atoms with van der Waals surface area (Å²) in [6, 6.07) is 10.7. The van der Waals surface area contributed by atoms with Crippen LogP contribution < -0.4 is 10.2 Å². The Morgan fingerprint density at radius 2 is 2.12 bits per heavy atom. The molecular weight excluding hydrogens is 314 g/mol. The molecule has 24 heavy (non-hydrogen) atoms. The highest BCUT2D eigenvalue weighted by Gasteiger charge is 2.14. The molecule has 0 aromatic heterocycles. The van der Waals surface area contributed by atoms with Gasteiger partial charge in [0.15, 0.2) is 12.4 Å². The molecule has 0 saturated carbocycles. The van der Waals surface area contributed by atoms with Gasteiger partial charge in [-0.05, 0) is 25.1 Å². The van der Waals surface area contributed by atoms with Crippen molar-refractivity contribution in [2.75, 3.05) is 6.61 Å². The van der Waals surface area contributed by atoms with Gasteiger partial charge >= 0.3 is 5.69 Å². The highest BCUT2D eigenvalue weighted by molar-refractivity contribution is 5.85. The third-order valence-electron chi connectivity index (χ3n) is 3.00. The number of phenolic OH excluding ortho intramolecular Hbond substituents is 1. The molecule has 0 aliphatic rings. The average molecular weight is 329 g/mol. The van der Waals surface area contributed by atoms with E-state index < -0.39 is 17.4 Å². The number of ether oxygens (including phenoxy) is 1. The molecule has 0 aliphatic heterocycles. The zero-order chi connectivity index (χ0) is 17.5. The largest absolute Gasteiger partial charge is 0.507 e. The fraction of sp³-hybridized carbons (Fsp3) is 0.125. The standard InChI is InChI=1S/C16H15N3O5/c1-11-6-7-14(20)12(8-11)9-17-18-16(21)10-24-15-5-3-2-4-13(15)19(22)23/h2-9,20H,10H2,1H3,(H,18,21)/b17-9-. The Kier molecular flexibility index (Phi) is 5.45. The highest BCUT2D eigenvalue weighted by atomic mass is 16.6. The number of nitro benzene ring substituents is 1. The number of hydrazone groups is 1. The van der Waals surface area contributed by atoms with E-state index >= 15 is 0 Å². The Morgan fingerprint density at radius 1 is 1.38 bits per heavy atom. The van der Waals surface area contributed by atoms with Crippen LogP contribution in [0.3, 0.4) is 0 Å². The summed E-state index contributed by atoms with van der Waals surface area (Å²) in [5.74, 6) is -0.552. The number of amides is 1. The number of rotatable bonds is 6. The number of carbonyl (C=O) groups is 1. The molecule has 0 heterocycles. The van der Waals surface area contributed by atoms with E-state index in [1.165, 1.54) is 30.5 Å². The number of nitro groups is 1. The van der Waals surface area contributed by atoms with Gasteiger partial charge in [0.2, 0.25) is 0 Å². The molecule has 0 unspecified atom stereocenters. The molecule has 8 heteroatoms. The summed E-state index contributed by atoms with van der Waals surface area (Å²) in [4.78, 5) is 21.9. The fourth-order valence-corrected chi connectivity index (χ4v) is 1.86. The molecule has 8 nitrogen and oxygen atoms in total. The number of hydrogen-bond donors (Lipinski definition) is 2. The van der Waals surface area contributed by atoms with Gasteiger partial charge in [0, 0.05) is 11.6 Å². The summed E-state index contributed by atoms with van der Waals surface area (Å²) >= 11 is 0. The van der Waals surface area contributed by atoms with Crippen molar-refractivity contribution in [2.45, 2.75) is 6.92 Å². The second-order valence-corrected chi connectivity index (χ2v) is 4.87. The maximum Gasteiger partial charge on any atom is 0.310 e. The van der Waals surface area contributed by atoms with Crippen LogP contribution in [0.2, 0.25) is 0 Å². The molecule has 0 fully saturated rings. The molecule has 124 valence electrons. The van der Waals surface area contributed by atoms with Crippen molar-refractivity contribution in [1.29, 1.82) is 0 Å². The van der Waals surface area contributed by atoms with E-state index in [0.717, 1.165) is 5.56 Å². The molecule has 0 spiro atoms. The summed E-state index contributed by atoms with van der Waals surface area (Å²) < 4.78 is 5.13. The molecule has 2 aromatic rings. The zero-order valence-electron chi connectivity index (χ0n) is 12.8. The SMILES string of the molecule is Cc1ccc(O)c(/C=N\NC(=O)COc2ccccc2[N+](=O)[O-])c1. The van der Waals surface area contributed by atoms with Crippen LogP contribution in [0.1, 0.15) is 11.1 Å². The Balaban J connectivity index is 1.91. The zero-order valence-corrected chi connectivity index (χ0v) is 12.8. The van der Waals surface area contributed by atoms with Crippen LogP contribution in [0, 0.1) is 17.0 Å².